The zero-order valence-electron chi connectivity index (χ0n) is 22.8. The predicted octanol–water partition coefficient (Wildman–Crippen LogP) is 4.31. The number of hydrogen-bond acceptors (Lipinski definition) is 4. The Balaban J connectivity index is 2.03. The molecule has 0 aliphatic rings. The number of carbonyl (C=O) groups is 2. The van der Waals surface area contributed by atoms with Gasteiger partial charge in [-0.15, -0.1) is 0 Å². The first-order valence-corrected chi connectivity index (χ1v) is 14.7. The largest absolute Gasteiger partial charge is 0.354 e. The van der Waals surface area contributed by atoms with E-state index in [4.69, 9.17) is 0 Å². The van der Waals surface area contributed by atoms with Crippen molar-refractivity contribution in [2.24, 2.45) is 5.92 Å². The van der Waals surface area contributed by atoms with Crippen LogP contribution in [-0.4, -0.2) is 50.5 Å². The molecule has 0 fully saturated rings. The molecule has 1 atom stereocenters. The quantitative estimate of drug-likeness (QED) is 0.362. The molecule has 1 N–H and O–H groups in total. The molecule has 0 heterocycles. The number of aryl methyl sites for hydroxylation is 1. The van der Waals surface area contributed by atoms with Crippen molar-refractivity contribution in [1.29, 1.82) is 0 Å². The van der Waals surface area contributed by atoms with Crippen LogP contribution in [0.1, 0.15) is 30.5 Å². The van der Waals surface area contributed by atoms with Gasteiger partial charge in [-0.25, -0.2) is 12.8 Å². The molecule has 0 aliphatic carbocycles. The molecule has 0 saturated heterocycles. The second-order valence-electron chi connectivity index (χ2n) is 10.1. The number of nitrogens with zero attached hydrogens (tertiary/aromatic N) is 2. The highest BCUT2D eigenvalue weighted by Gasteiger charge is 2.33. The number of amides is 2. The number of anilines is 1. The number of rotatable bonds is 12. The lowest BCUT2D eigenvalue weighted by Gasteiger charge is -2.33. The van der Waals surface area contributed by atoms with Crippen molar-refractivity contribution < 1.29 is 22.4 Å². The van der Waals surface area contributed by atoms with Crippen molar-refractivity contribution in [2.45, 2.75) is 39.8 Å². The Labute approximate surface area is 230 Å². The third kappa shape index (κ3) is 8.92. The molecule has 7 nitrogen and oxygen atoms in total. The van der Waals surface area contributed by atoms with Gasteiger partial charge in [0.05, 0.1) is 11.9 Å². The molecule has 0 aliphatic heterocycles. The first-order chi connectivity index (χ1) is 18.4. The van der Waals surface area contributed by atoms with E-state index in [0.29, 0.717) is 6.54 Å². The Morgan fingerprint density at radius 3 is 2.08 bits per heavy atom. The van der Waals surface area contributed by atoms with E-state index in [1.165, 1.54) is 17.0 Å². The molecule has 0 radical (unpaired) electrons. The third-order valence-corrected chi connectivity index (χ3v) is 7.36. The van der Waals surface area contributed by atoms with E-state index < -0.39 is 34.3 Å². The van der Waals surface area contributed by atoms with Crippen molar-refractivity contribution in [2.75, 3.05) is 23.7 Å². The van der Waals surface area contributed by atoms with Crippen molar-refractivity contribution in [3.05, 3.63) is 101 Å². The minimum Gasteiger partial charge on any atom is -0.354 e. The highest BCUT2D eigenvalue weighted by Crippen LogP contribution is 2.21. The van der Waals surface area contributed by atoms with E-state index in [9.17, 15) is 22.4 Å². The molecule has 39 heavy (non-hydrogen) atoms. The van der Waals surface area contributed by atoms with E-state index >= 15 is 0 Å². The summed E-state index contributed by atoms with van der Waals surface area (Å²) in [5, 5.41) is 2.95. The van der Waals surface area contributed by atoms with Crippen LogP contribution in [0.3, 0.4) is 0 Å². The summed E-state index contributed by atoms with van der Waals surface area (Å²) >= 11 is 0. The second kappa shape index (κ2) is 13.4. The van der Waals surface area contributed by atoms with Crippen LogP contribution in [-0.2, 0) is 32.6 Å². The minimum atomic E-state index is -3.90. The van der Waals surface area contributed by atoms with Crippen LogP contribution in [0.15, 0.2) is 78.9 Å². The summed E-state index contributed by atoms with van der Waals surface area (Å²) in [6, 6.07) is 21.0. The Hall–Kier alpha value is -3.72. The normalized spacial score (nSPS) is 12.2. The van der Waals surface area contributed by atoms with Gasteiger partial charge in [-0.2, -0.15) is 0 Å². The Morgan fingerprint density at radius 1 is 0.897 bits per heavy atom. The van der Waals surface area contributed by atoms with E-state index in [2.05, 4.69) is 5.32 Å². The summed E-state index contributed by atoms with van der Waals surface area (Å²) in [7, 11) is -3.90. The average molecular weight is 554 g/mol. The van der Waals surface area contributed by atoms with Crippen molar-refractivity contribution in [3.63, 3.8) is 0 Å². The van der Waals surface area contributed by atoms with Crippen LogP contribution in [0.4, 0.5) is 10.1 Å². The van der Waals surface area contributed by atoms with Crippen LogP contribution < -0.4 is 9.62 Å². The van der Waals surface area contributed by atoms with Gasteiger partial charge in [0, 0.05) is 19.5 Å². The summed E-state index contributed by atoms with van der Waals surface area (Å²) in [6.45, 7) is 5.91. The van der Waals surface area contributed by atoms with E-state index in [-0.39, 0.29) is 30.5 Å². The summed E-state index contributed by atoms with van der Waals surface area (Å²) in [4.78, 5) is 28.9. The Bertz CT molecular complexity index is 1350. The molecule has 0 saturated carbocycles. The molecule has 0 spiro atoms. The van der Waals surface area contributed by atoms with Gasteiger partial charge in [-0.1, -0.05) is 74.0 Å². The number of nitrogens with one attached hydrogen (secondary N) is 1. The molecule has 1 unspecified atom stereocenters. The van der Waals surface area contributed by atoms with Gasteiger partial charge in [0.25, 0.3) is 0 Å². The van der Waals surface area contributed by atoms with Crippen molar-refractivity contribution in [1.82, 2.24) is 10.2 Å². The maximum atomic E-state index is 14.0. The van der Waals surface area contributed by atoms with Crippen LogP contribution in [0, 0.1) is 18.7 Å². The van der Waals surface area contributed by atoms with Gasteiger partial charge < -0.3 is 10.2 Å². The van der Waals surface area contributed by atoms with Crippen LogP contribution in [0.2, 0.25) is 0 Å². The fourth-order valence-corrected chi connectivity index (χ4v) is 4.94. The van der Waals surface area contributed by atoms with E-state index in [1.54, 1.807) is 0 Å². The Kier molecular flexibility index (Phi) is 10.2. The number of benzene rings is 3. The van der Waals surface area contributed by atoms with Crippen LogP contribution in [0.25, 0.3) is 0 Å². The van der Waals surface area contributed by atoms with E-state index in [0.717, 1.165) is 39.4 Å². The molecule has 0 bridgehead atoms. The SMILES string of the molecule is Cc1ccc(CN(C(=O)CN(c2ccc(F)cc2)S(C)(=O)=O)C(Cc2ccccc2)C(=O)NCC(C)C)cc1. The molecule has 208 valence electrons. The highest BCUT2D eigenvalue weighted by atomic mass is 32.2. The van der Waals surface area contributed by atoms with Crippen molar-refractivity contribution in [3.8, 4) is 0 Å². The van der Waals surface area contributed by atoms with Crippen LogP contribution in [0.5, 0.6) is 0 Å². The molecule has 9 heteroatoms. The maximum absolute atomic E-state index is 14.0. The van der Waals surface area contributed by atoms with Gasteiger partial charge in [-0.05, 0) is 48.2 Å². The van der Waals surface area contributed by atoms with Crippen molar-refractivity contribution >= 4 is 27.5 Å². The molecule has 0 aromatic heterocycles. The standard InChI is InChI=1S/C30H36FN3O4S/c1-22(2)19-32-30(36)28(18-24-8-6-5-7-9-24)33(20-25-12-10-23(3)11-13-25)29(35)21-34(39(4,37)38)27-16-14-26(31)15-17-27/h5-17,22,28H,18-21H2,1-4H3,(H,32,36). The molecule has 2 amide bonds. The molecular formula is C30H36FN3O4S. The lowest BCUT2D eigenvalue weighted by atomic mass is 10.0. The monoisotopic (exact) mass is 553 g/mol. The molecule has 3 aromatic rings. The van der Waals surface area contributed by atoms with Gasteiger partial charge in [0.15, 0.2) is 0 Å². The predicted molar refractivity (Wildman–Crippen MR) is 152 cm³/mol. The molecule has 3 rings (SSSR count). The van der Waals surface area contributed by atoms with Gasteiger partial charge >= 0.3 is 0 Å². The minimum absolute atomic E-state index is 0.104. The lowest BCUT2D eigenvalue weighted by molar-refractivity contribution is -0.140. The molecule has 3 aromatic carbocycles. The molecular weight excluding hydrogens is 517 g/mol. The fourth-order valence-electron chi connectivity index (χ4n) is 4.09. The van der Waals surface area contributed by atoms with Crippen LogP contribution >= 0.6 is 0 Å². The lowest BCUT2D eigenvalue weighted by Crippen LogP contribution is -2.53. The van der Waals surface area contributed by atoms with E-state index in [1.807, 2.05) is 75.4 Å². The zero-order chi connectivity index (χ0) is 28.6. The van der Waals surface area contributed by atoms with Gasteiger partial charge in [0.1, 0.15) is 18.4 Å². The fraction of sp³-hybridized carbons (Fsp3) is 0.333. The summed E-state index contributed by atoms with van der Waals surface area (Å²) in [6.07, 6.45) is 1.24. The Morgan fingerprint density at radius 2 is 1.51 bits per heavy atom. The smallest absolute Gasteiger partial charge is 0.244 e. The van der Waals surface area contributed by atoms with Gasteiger partial charge in [0.2, 0.25) is 21.8 Å². The summed E-state index contributed by atoms with van der Waals surface area (Å²) < 4.78 is 39.9. The number of hydrogen-bond donors (Lipinski definition) is 1. The topological polar surface area (TPSA) is 86.8 Å². The first kappa shape index (κ1) is 29.8. The first-order valence-electron chi connectivity index (χ1n) is 12.8. The maximum Gasteiger partial charge on any atom is 0.244 e. The number of halogens is 1. The average Bonchev–Trinajstić information content (AvgIpc) is 2.89. The second-order valence-corrected chi connectivity index (χ2v) is 12.0. The zero-order valence-corrected chi connectivity index (χ0v) is 23.6. The summed E-state index contributed by atoms with van der Waals surface area (Å²) in [5.41, 5.74) is 2.87. The van der Waals surface area contributed by atoms with Gasteiger partial charge in [-0.3, -0.25) is 13.9 Å². The number of carbonyl (C=O) groups excluding carboxylic acids is 2. The summed E-state index contributed by atoms with van der Waals surface area (Å²) in [5.74, 6) is -1.19. The third-order valence-electron chi connectivity index (χ3n) is 6.22. The highest BCUT2D eigenvalue weighted by molar-refractivity contribution is 7.92. The number of sulfonamides is 1.